The van der Waals surface area contributed by atoms with Crippen LogP contribution in [0.3, 0.4) is 0 Å². The quantitative estimate of drug-likeness (QED) is 0.496. The fraction of sp³-hybridized carbons (Fsp3) is 0.833. The maximum absolute atomic E-state index is 10.5. The molecule has 1 rings (SSSR count). The molecule has 2 nitrogen and oxygen atoms in total. The van der Waals surface area contributed by atoms with Crippen molar-refractivity contribution in [1.29, 1.82) is 0 Å². The molecule has 2 heteroatoms. The van der Waals surface area contributed by atoms with E-state index in [0.717, 1.165) is 19.4 Å². The van der Waals surface area contributed by atoms with Crippen molar-refractivity contribution in [2.45, 2.75) is 19.8 Å². The average Bonchev–Trinajstić information content (AvgIpc) is 1.77. The summed E-state index contributed by atoms with van der Waals surface area (Å²) in [4.78, 5) is 10.5. The molecule has 8 heavy (non-hydrogen) atoms. The van der Waals surface area contributed by atoms with Crippen LogP contribution in [0.4, 0.5) is 0 Å². The molecule has 1 atom stereocenters. The monoisotopic (exact) mass is 115 g/mol. The minimum Gasteiger partial charge on any atom is -0.356 e. The Labute approximate surface area is 50.8 Å². The van der Waals surface area contributed by atoms with Crippen LogP contribution in [0.15, 0.2) is 0 Å². The first-order chi connectivity index (χ1) is 3.79. The number of hydrogen-bond donors (Lipinski definition) is 1. The van der Waals surface area contributed by atoms with Crippen LogP contribution >= 0.6 is 0 Å². The fourth-order valence-electron chi connectivity index (χ4n) is 0.856. The van der Waals surface area contributed by atoms with Crippen LogP contribution in [0.25, 0.3) is 0 Å². The molecule has 1 aliphatic heterocycles. The molecule has 0 radical (unpaired) electrons. The van der Waals surface area contributed by atoms with E-state index >= 15 is 0 Å². The first-order valence-corrected chi connectivity index (χ1v) is 3.06. The van der Waals surface area contributed by atoms with E-state index in [1.165, 1.54) is 0 Å². The van der Waals surface area contributed by atoms with Gasteiger partial charge in [0, 0.05) is 14.4 Å². The minimum atomic E-state index is 0. The molecule has 1 unspecified atom stereocenters. The molecule has 1 heterocycles. The predicted molar refractivity (Wildman–Crippen MR) is 33.5 cm³/mol. The molecule has 0 aromatic heterocycles. The number of carbonyl (C=O) groups excluding carboxylic acids is 1. The van der Waals surface area contributed by atoms with Gasteiger partial charge in [-0.3, -0.25) is 4.79 Å². The molecular formula is C6H13NO. The van der Waals surface area contributed by atoms with Crippen LogP contribution in [0, 0.1) is 5.92 Å². The zero-order valence-electron chi connectivity index (χ0n) is 5.11. The second kappa shape index (κ2) is 2.16. The van der Waals surface area contributed by atoms with E-state index < -0.39 is 0 Å². The van der Waals surface area contributed by atoms with Gasteiger partial charge >= 0.3 is 0 Å². The van der Waals surface area contributed by atoms with E-state index in [-0.39, 0.29) is 7.33 Å². The summed E-state index contributed by atoms with van der Waals surface area (Å²) in [6.07, 6.45) is 1.78. The molecule has 1 fully saturated rings. The van der Waals surface area contributed by atoms with Gasteiger partial charge in [0.2, 0.25) is 5.91 Å². The van der Waals surface area contributed by atoms with E-state index in [0.29, 0.717) is 5.92 Å². The number of piperidine rings is 1. The lowest BCUT2D eigenvalue weighted by Gasteiger charge is -2.17. The molecule has 1 aliphatic rings. The van der Waals surface area contributed by atoms with Crippen LogP contribution in [-0.4, -0.2) is 12.5 Å². The normalized spacial score (nSPS) is 29.6. The summed E-state index contributed by atoms with van der Waals surface area (Å²) in [6.45, 7) is 3.03. The van der Waals surface area contributed by atoms with Gasteiger partial charge in [0.25, 0.3) is 0 Å². The third-order valence-corrected chi connectivity index (χ3v) is 1.51. The Kier molecular flexibility index (Phi) is 1.51. The van der Waals surface area contributed by atoms with Gasteiger partial charge < -0.3 is 5.32 Å². The Hall–Kier alpha value is -0.530. The van der Waals surface area contributed by atoms with Crippen molar-refractivity contribution in [3.63, 3.8) is 0 Å². The van der Waals surface area contributed by atoms with E-state index in [4.69, 9.17) is 0 Å². The Morgan fingerprint density at radius 1 is 1.88 bits per heavy atom. The fourth-order valence-corrected chi connectivity index (χ4v) is 0.856. The van der Waals surface area contributed by atoms with E-state index in [9.17, 15) is 4.79 Å². The number of nitrogens with one attached hydrogen (secondary N) is 1. The molecule has 0 saturated carbocycles. The van der Waals surface area contributed by atoms with E-state index in [1.807, 2.05) is 0 Å². The molecule has 0 aromatic rings. The lowest BCUT2D eigenvalue weighted by molar-refractivity contribution is -0.122. The Bertz CT molecular complexity index is 95.2. The maximum Gasteiger partial charge on any atom is 0.220 e. The van der Waals surface area contributed by atoms with E-state index in [1.54, 1.807) is 0 Å². The average molecular weight is 115 g/mol. The zero-order chi connectivity index (χ0) is 5.98. The summed E-state index contributed by atoms with van der Waals surface area (Å²) in [6, 6.07) is 0. The third-order valence-electron chi connectivity index (χ3n) is 1.51. The molecule has 48 valence electrons. The predicted octanol–water partition coefficient (Wildman–Crippen LogP) is 0.778. The maximum atomic E-state index is 10.5. The molecule has 1 saturated heterocycles. The van der Waals surface area contributed by atoms with Crippen molar-refractivity contribution in [1.82, 2.24) is 5.32 Å². The van der Waals surface area contributed by atoms with Crippen LogP contribution in [0.1, 0.15) is 21.2 Å². The molecule has 0 spiro atoms. The highest BCUT2D eigenvalue weighted by Gasteiger charge is 2.12. The number of rotatable bonds is 0. The molecule has 0 aromatic carbocycles. The van der Waals surface area contributed by atoms with Crippen molar-refractivity contribution in [3.8, 4) is 0 Å². The van der Waals surface area contributed by atoms with Gasteiger partial charge in [-0.05, 0) is 12.3 Å². The van der Waals surface area contributed by atoms with Crippen LogP contribution in [-0.2, 0) is 4.79 Å². The summed E-state index contributed by atoms with van der Waals surface area (Å²) in [5, 5.41) is 2.79. The second-order valence-corrected chi connectivity index (χ2v) is 2.45. The topological polar surface area (TPSA) is 29.1 Å². The van der Waals surface area contributed by atoms with Crippen molar-refractivity contribution < 1.29 is 6.22 Å². The van der Waals surface area contributed by atoms with Gasteiger partial charge in [-0.15, -0.1) is 0 Å². The second-order valence-electron chi connectivity index (χ2n) is 2.45. The molecule has 0 aliphatic carbocycles. The Morgan fingerprint density at radius 3 is 3.00 bits per heavy atom. The third kappa shape index (κ3) is 1.22. The van der Waals surface area contributed by atoms with Gasteiger partial charge in [0.15, 0.2) is 0 Å². The van der Waals surface area contributed by atoms with Crippen LogP contribution in [0.5, 0.6) is 0 Å². The number of amides is 1. The number of carbonyl (C=O) groups is 1. The lowest BCUT2D eigenvalue weighted by atomic mass is 10.0. The molecule has 1 N–H and O–H groups in total. The van der Waals surface area contributed by atoms with Crippen LogP contribution in [0.2, 0.25) is 0 Å². The van der Waals surface area contributed by atoms with Crippen LogP contribution < -0.4 is 5.32 Å². The highest BCUT2D eigenvalue weighted by Crippen LogP contribution is 2.07. The zero-order valence-corrected chi connectivity index (χ0v) is 5.11. The van der Waals surface area contributed by atoms with Gasteiger partial charge in [0.1, 0.15) is 0 Å². The standard InChI is InChI=1S/C6H11NO.H2/c1-5-2-3-6(8)7-4-5;/h5H,2-4H2,1H3,(H,7,8);1H. The van der Waals surface area contributed by atoms with Crippen molar-refractivity contribution >= 4 is 5.91 Å². The lowest BCUT2D eigenvalue weighted by Crippen LogP contribution is -2.33. The van der Waals surface area contributed by atoms with Gasteiger partial charge in [-0.2, -0.15) is 0 Å². The SMILES string of the molecule is CC1CCC(=O)NC1.[HH]. The summed E-state index contributed by atoms with van der Waals surface area (Å²) >= 11 is 0. The van der Waals surface area contributed by atoms with E-state index in [2.05, 4.69) is 12.2 Å². The first kappa shape index (κ1) is 5.60. The van der Waals surface area contributed by atoms with Gasteiger partial charge in [-0.1, -0.05) is 6.92 Å². The Balaban J connectivity index is 0.000000640. The minimum absolute atomic E-state index is 0. The summed E-state index contributed by atoms with van der Waals surface area (Å²) in [5.74, 6) is 0.899. The number of hydrogen-bond acceptors (Lipinski definition) is 1. The smallest absolute Gasteiger partial charge is 0.220 e. The summed E-state index contributed by atoms with van der Waals surface area (Å²) < 4.78 is 0. The highest BCUT2D eigenvalue weighted by atomic mass is 16.1. The molecular weight excluding hydrogens is 102 g/mol. The molecule has 1 amide bonds. The highest BCUT2D eigenvalue weighted by molar-refractivity contribution is 5.76. The van der Waals surface area contributed by atoms with Crippen molar-refractivity contribution in [2.24, 2.45) is 5.92 Å². The molecule has 0 bridgehead atoms. The summed E-state index contributed by atoms with van der Waals surface area (Å²) in [5.41, 5.74) is 0. The van der Waals surface area contributed by atoms with Gasteiger partial charge in [-0.25, -0.2) is 0 Å². The largest absolute Gasteiger partial charge is 0.356 e. The first-order valence-electron chi connectivity index (χ1n) is 3.06. The summed E-state index contributed by atoms with van der Waals surface area (Å²) in [7, 11) is 0. The van der Waals surface area contributed by atoms with Crippen molar-refractivity contribution in [2.75, 3.05) is 6.54 Å². The Morgan fingerprint density at radius 2 is 2.62 bits per heavy atom. The van der Waals surface area contributed by atoms with Gasteiger partial charge in [0.05, 0.1) is 0 Å². The van der Waals surface area contributed by atoms with Crippen molar-refractivity contribution in [3.05, 3.63) is 0 Å².